The van der Waals surface area contributed by atoms with Gasteiger partial charge in [0.25, 0.3) is 0 Å². The van der Waals surface area contributed by atoms with Crippen LogP contribution in [0.25, 0.3) is 0 Å². The average molecular weight is 403 g/mol. The van der Waals surface area contributed by atoms with Gasteiger partial charge in [-0.05, 0) is 35.4 Å². The van der Waals surface area contributed by atoms with E-state index in [2.05, 4.69) is 21.2 Å². The summed E-state index contributed by atoms with van der Waals surface area (Å²) in [6.45, 7) is 0.397. The molecule has 1 aliphatic heterocycles. The SMILES string of the molecule is O=C(OCc1ccc(Br)cc1)c1ccc(CN2C(=O)CNC2=O)cc1. The Labute approximate surface area is 152 Å². The van der Waals surface area contributed by atoms with E-state index in [1.165, 1.54) is 0 Å². The zero-order valence-corrected chi connectivity index (χ0v) is 14.8. The van der Waals surface area contributed by atoms with Crippen molar-refractivity contribution in [2.45, 2.75) is 13.2 Å². The number of nitrogens with zero attached hydrogens (tertiary/aromatic N) is 1. The van der Waals surface area contributed by atoms with E-state index in [1.807, 2.05) is 24.3 Å². The van der Waals surface area contributed by atoms with Gasteiger partial charge in [-0.3, -0.25) is 9.69 Å². The Morgan fingerprint density at radius 1 is 1.04 bits per heavy atom. The number of rotatable bonds is 5. The zero-order chi connectivity index (χ0) is 17.8. The van der Waals surface area contributed by atoms with Crippen molar-refractivity contribution in [3.63, 3.8) is 0 Å². The highest BCUT2D eigenvalue weighted by Crippen LogP contribution is 2.14. The molecule has 128 valence electrons. The molecule has 0 radical (unpaired) electrons. The van der Waals surface area contributed by atoms with Crippen LogP contribution in [0.15, 0.2) is 53.0 Å². The van der Waals surface area contributed by atoms with Crippen molar-refractivity contribution in [3.8, 4) is 0 Å². The molecule has 2 aromatic carbocycles. The van der Waals surface area contributed by atoms with Gasteiger partial charge in [0.05, 0.1) is 18.7 Å². The lowest BCUT2D eigenvalue weighted by molar-refractivity contribution is -0.125. The third kappa shape index (κ3) is 4.24. The van der Waals surface area contributed by atoms with Gasteiger partial charge in [0.2, 0.25) is 5.91 Å². The summed E-state index contributed by atoms with van der Waals surface area (Å²) in [7, 11) is 0. The molecule has 0 aliphatic carbocycles. The number of carbonyl (C=O) groups excluding carboxylic acids is 3. The Morgan fingerprint density at radius 3 is 2.28 bits per heavy atom. The number of ether oxygens (including phenoxy) is 1. The maximum Gasteiger partial charge on any atom is 0.338 e. The standard InChI is InChI=1S/C18H15BrN2O4/c19-15-7-3-13(4-8-15)11-25-17(23)14-5-1-12(2-6-14)10-21-16(22)9-20-18(21)24/h1-8H,9-11H2,(H,20,24). The summed E-state index contributed by atoms with van der Waals surface area (Å²) in [5.74, 6) is -0.688. The first-order chi connectivity index (χ1) is 12.0. The molecule has 0 saturated carbocycles. The van der Waals surface area contributed by atoms with Crippen LogP contribution in [0.1, 0.15) is 21.5 Å². The molecule has 3 rings (SSSR count). The van der Waals surface area contributed by atoms with Crippen molar-refractivity contribution < 1.29 is 19.1 Å². The number of urea groups is 1. The van der Waals surface area contributed by atoms with Crippen molar-refractivity contribution in [1.82, 2.24) is 10.2 Å². The summed E-state index contributed by atoms with van der Waals surface area (Å²) >= 11 is 3.35. The van der Waals surface area contributed by atoms with E-state index in [1.54, 1.807) is 24.3 Å². The molecule has 0 bridgehead atoms. The van der Waals surface area contributed by atoms with Gasteiger partial charge in [-0.15, -0.1) is 0 Å². The van der Waals surface area contributed by atoms with Crippen LogP contribution in [-0.2, 0) is 22.7 Å². The van der Waals surface area contributed by atoms with E-state index in [0.717, 1.165) is 20.5 Å². The number of carbonyl (C=O) groups is 3. The molecule has 6 nitrogen and oxygen atoms in total. The Hall–Kier alpha value is -2.67. The number of imide groups is 1. The molecule has 0 spiro atoms. The summed E-state index contributed by atoms with van der Waals surface area (Å²) in [4.78, 5) is 36.3. The number of halogens is 1. The molecule has 1 heterocycles. The molecule has 25 heavy (non-hydrogen) atoms. The Balaban J connectivity index is 1.57. The Bertz CT molecular complexity index is 787. The van der Waals surface area contributed by atoms with Crippen molar-refractivity contribution in [1.29, 1.82) is 0 Å². The van der Waals surface area contributed by atoms with Crippen molar-refractivity contribution in [3.05, 3.63) is 69.7 Å². The average Bonchev–Trinajstić information content (AvgIpc) is 2.93. The first kappa shape index (κ1) is 17.2. The van der Waals surface area contributed by atoms with Crippen LogP contribution in [0.4, 0.5) is 4.79 Å². The summed E-state index contributed by atoms with van der Waals surface area (Å²) in [5, 5.41) is 2.47. The summed E-state index contributed by atoms with van der Waals surface area (Å²) < 4.78 is 6.24. The van der Waals surface area contributed by atoms with Gasteiger partial charge in [0.15, 0.2) is 0 Å². The van der Waals surface area contributed by atoms with Gasteiger partial charge >= 0.3 is 12.0 Å². The Morgan fingerprint density at radius 2 is 1.68 bits per heavy atom. The molecule has 7 heteroatoms. The quantitative estimate of drug-likeness (QED) is 0.616. The maximum atomic E-state index is 12.1. The summed E-state index contributed by atoms with van der Waals surface area (Å²) in [6.07, 6.45) is 0. The van der Waals surface area contributed by atoms with E-state index < -0.39 is 12.0 Å². The van der Waals surface area contributed by atoms with Crippen LogP contribution in [0.3, 0.4) is 0 Å². The van der Waals surface area contributed by atoms with Crippen LogP contribution in [-0.4, -0.2) is 29.4 Å². The monoisotopic (exact) mass is 402 g/mol. The van der Waals surface area contributed by atoms with Gasteiger partial charge in [-0.2, -0.15) is 0 Å². The molecule has 1 aliphatic rings. The third-order valence-corrected chi connectivity index (χ3v) is 4.28. The maximum absolute atomic E-state index is 12.1. The highest BCUT2D eigenvalue weighted by atomic mass is 79.9. The topological polar surface area (TPSA) is 75.7 Å². The van der Waals surface area contributed by atoms with Crippen LogP contribution in [0.5, 0.6) is 0 Å². The number of hydrogen-bond donors (Lipinski definition) is 1. The van der Waals surface area contributed by atoms with E-state index in [-0.39, 0.29) is 25.6 Å². The predicted molar refractivity (Wildman–Crippen MR) is 93.7 cm³/mol. The van der Waals surface area contributed by atoms with E-state index >= 15 is 0 Å². The highest BCUT2D eigenvalue weighted by molar-refractivity contribution is 9.10. The van der Waals surface area contributed by atoms with Crippen molar-refractivity contribution in [2.24, 2.45) is 0 Å². The minimum Gasteiger partial charge on any atom is -0.457 e. The predicted octanol–water partition coefficient (Wildman–Crippen LogP) is 2.86. The number of hydrogen-bond acceptors (Lipinski definition) is 4. The normalized spacial score (nSPS) is 13.7. The van der Waals surface area contributed by atoms with Crippen LogP contribution >= 0.6 is 15.9 Å². The van der Waals surface area contributed by atoms with E-state index in [4.69, 9.17) is 4.74 Å². The molecule has 2 aromatic rings. The summed E-state index contributed by atoms with van der Waals surface area (Å²) in [5.41, 5.74) is 2.07. The van der Waals surface area contributed by atoms with Crippen LogP contribution in [0, 0.1) is 0 Å². The number of esters is 1. The zero-order valence-electron chi connectivity index (χ0n) is 13.2. The molecule has 1 N–H and O–H groups in total. The lowest BCUT2D eigenvalue weighted by atomic mass is 10.1. The smallest absolute Gasteiger partial charge is 0.338 e. The van der Waals surface area contributed by atoms with Crippen LogP contribution < -0.4 is 5.32 Å². The van der Waals surface area contributed by atoms with Gasteiger partial charge < -0.3 is 10.1 Å². The molecule has 1 fully saturated rings. The number of amides is 3. The molecule has 0 atom stereocenters. The highest BCUT2D eigenvalue weighted by Gasteiger charge is 2.28. The van der Waals surface area contributed by atoms with Crippen molar-refractivity contribution >= 4 is 33.8 Å². The van der Waals surface area contributed by atoms with Gasteiger partial charge in [-0.25, -0.2) is 9.59 Å². The second-order valence-corrected chi connectivity index (χ2v) is 6.45. The van der Waals surface area contributed by atoms with Crippen molar-refractivity contribution in [2.75, 3.05) is 6.54 Å². The second-order valence-electron chi connectivity index (χ2n) is 5.54. The first-order valence-corrected chi connectivity index (χ1v) is 8.41. The lowest BCUT2D eigenvalue weighted by Crippen LogP contribution is -2.30. The molecule has 3 amide bonds. The minimum atomic E-state index is -0.426. The van der Waals surface area contributed by atoms with Gasteiger partial charge in [0.1, 0.15) is 6.61 Å². The molecule has 0 aromatic heterocycles. The largest absolute Gasteiger partial charge is 0.457 e. The molecular formula is C18H15BrN2O4. The molecular weight excluding hydrogens is 388 g/mol. The van der Waals surface area contributed by atoms with E-state index in [0.29, 0.717) is 5.56 Å². The number of benzene rings is 2. The fourth-order valence-corrected chi connectivity index (χ4v) is 2.62. The molecule has 1 saturated heterocycles. The van der Waals surface area contributed by atoms with Crippen LogP contribution in [0.2, 0.25) is 0 Å². The first-order valence-electron chi connectivity index (χ1n) is 7.61. The van der Waals surface area contributed by atoms with Gasteiger partial charge in [-0.1, -0.05) is 40.2 Å². The summed E-state index contributed by atoms with van der Waals surface area (Å²) in [6, 6.07) is 13.8. The fourth-order valence-electron chi connectivity index (χ4n) is 2.36. The second kappa shape index (κ2) is 7.48. The fraction of sp³-hybridized carbons (Fsp3) is 0.167. The third-order valence-electron chi connectivity index (χ3n) is 3.75. The van der Waals surface area contributed by atoms with Gasteiger partial charge in [0, 0.05) is 4.47 Å². The van der Waals surface area contributed by atoms with E-state index in [9.17, 15) is 14.4 Å². The molecule has 0 unspecified atom stereocenters. The Kier molecular flexibility index (Phi) is 5.14. The minimum absolute atomic E-state index is 0.0271. The lowest BCUT2D eigenvalue weighted by Gasteiger charge is -2.12. The number of nitrogens with one attached hydrogen (secondary N) is 1.